The summed E-state index contributed by atoms with van der Waals surface area (Å²) in [6, 6.07) is 16.3. The van der Waals surface area contributed by atoms with Gasteiger partial charge in [0.05, 0.1) is 17.5 Å². The Balaban J connectivity index is 1.62. The van der Waals surface area contributed by atoms with Crippen molar-refractivity contribution in [2.24, 2.45) is 11.8 Å². The molecular formula is C29H25F3N2O6. The molecule has 3 N–H and O–H groups in total. The number of benzene rings is 3. The Kier molecular flexibility index (Phi) is 6.79. The number of nitrogens with one attached hydrogen (secondary N) is 1. The highest BCUT2D eigenvalue weighted by molar-refractivity contribution is 6.24. The largest absolute Gasteiger partial charge is 0.573 e. The van der Waals surface area contributed by atoms with Gasteiger partial charge in [-0.15, -0.1) is 13.2 Å². The lowest BCUT2D eigenvalue weighted by Crippen LogP contribution is -2.57. The molecule has 2 amide bonds. The molecule has 2 heterocycles. The molecule has 5 rings (SSSR count). The number of alkyl halides is 3. The number of carboxylic acid groups (broad SMARTS) is 1. The minimum atomic E-state index is -4.96. The van der Waals surface area contributed by atoms with Gasteiger partial charge in [0.2, 0.25) is 11.8 Å². The number of ether oxygens (including phenoxy) is 1. The van der Waals surface area contributed by atoms with Crippen molar-refractivity contribution in [3.63, 3.8) is 0 Å². The summed E-state index contributed by atoms with van der Waals surface area (Å²) in [5.74, 6) is -5.98. The van der Waals surface area contributed by atoms with Gasteiger partial charge >= 0.3 is 12.3 Å². The van der Waals surface area contributed by atoms with Gasteiger partial charge in [0.25, 0.3) is 0 Å². The van der Waals surface area contributed by atoms with Crippen LogP contribution in [0.2, 0.25) is 0 Å². The number of nitrogens with zero attached hydrogens (tertiary/aromatic N) is 1. The summed E-state index contributed by atoms with van der Waals surface area (Å²) in [6.45, 7) is 1.95. The summed E-state index contributed by atoms with van der Waals surface area (Å²) in [4.78, 5) is 41.8. The van der Waals surface area contributed by atoms with E-state index < -0.39 is 53.3 Å². The second-order valence-corrected chi connectivity index (χ2v) is 9.90. The first-order valence-corrected chi connectivity index (χ1v) is 12.5. The molecule has 40 heavy (non-hydrogen) atoms. The molecule has 0 saturated carbocycles. The number of rotatable bonds is 7. The van der Waals surface area contributed by atoms with Gasteiger partial charge in [-0.1, -0.05) is 43.3 Å². The molecule has 2 saturated heterocycles. The van der Waals surface area contributed by atoms with Crippen LogP contribution in [0.3, 0.4) is 0 Å². The van der Waals surface area contributed by atoms with E-state index >= 15 is 0 Å². The van der Waals surface area contributed by atoms with Crippen LogP contribution in [0.4, 0.5) is 18.9 Å². The zero-order valence-electron chi connectivity index (χ0n) is 21.2. The van der Waals surface area contributed by atoms with E-state index in [9.17, 15) is 37.8 Å². The Bertz CT molecular complexity index is 1460. The molecule has 0 aliphatic carbocycles. The topological polar surface area (TPSA) is 116 Å². The number of hydrogen-bond acceptors (Lipinski definition) is 6. The summed E-state index contributed by atoms with van der Waals surface area (Å²) in [6.07, 6.45) is -4.47. The molecule has 11 heteroatoms. The summed E-state index contributed by atoms with van der Waals surface area (Å²) in [5, 5.41) is 23.2. The Hall–Kier alpha value is -4.38. The zero-order valence-corrected chi connectivity index (χ0v) is 21.2. The first-order valence-electron chi connectivity index (χ1n) is 12.5. The molecule has 2 fully saturated rings. The number of aromatic hydroxyl groups is 1. The van der Waals surface area contributed by atoms with E-state index in [1.807, 2.05) is 6.92 Å². The van der Waals surface area contributed by atoms with Crippen LogP contribution in [0.5, 0.6) is 11.5 Å². The SMILES string of the molecule is CCc1ccc(N2C(=O)C3C(c4cccc(OC(F)(F)F)c4)NC(Cc4ccc(O)cc4)(C(=O)O)C3C2=O)cc1. The van der Waals surface area contributed by atoms with Crippen LogP contribution in [-0.4, -0.2) is 39.9 Å². The quantitative estimate of drug-likeness (QED) is 0.372. The fraction of sp³-hybridized carbons (Fsp3) is 0.276. The fourth-order valence-corrected chi connectivity index (χ4v) is 5.70. The molecule has 8 nitrogen and oxygen atoms in total. The van der Waals surface area contributed by atoms with E-state index in [0.29, 0.717) is 5.56 Å². The van der Waals surface area contributed by atoms with Crippen molar-refractivity contribution in [2.75, 3.05) is 4.90 Å². The molecule has 4 atom stereocenters. The molecule has 0 radical (unpaired) electrons. The number of carboxylic acids is 1. The van der Waals surface area contributed by atoms with Crippen molar-refractivity contribution in [3.8, 4) is 11.5 Å². The lowest BCUT2D eigenvalue weighted by molar-refractivity contribution is -0.274. The molecule has 2 aliphatic rings. The van der Waals surface area contributed by atoms with Crippen LogP contribution in [-0.2, 0) is 27.2 Å². The standard InChI is InChI=1S/C29H25F3N2O6/c1-2-16-6-10-19(11-7-16)34-25(36)22-23(26(34)37)28(27(38)39,15-17-8-12-20(35)13-9-17)33-24(22)18-4-3-5-21(14-18)40-29(30,31)32/h3-14,22-24,33,35H,2,15H2,1H3,(H,38,39). The van der Waals surface area contributed by atoms with Gasteiger partial charge in [0.15, 0.2) is 0 Å². The average molecular weight is 555 g/mol. The van der Waals surface area contributed by atoms with Crippen LogP contribution in [0.25, 0.3) is 0 Å². The highest BCUT2D eigenvalue weighted by Crippen LogP contribution is 2.51. The minimum Gasteiger partial charge on any atom is -0.508 e. The summed E-state index contributed by atoms with van der Waals surface area (Å²) in [5.41, 5.74) is -0.116. The van der Waals surface area contributed by atoms with Crippen LogP contribution in [0, 0.1) is 11.8 Å². The third-order valence-corrected chi connectivity index (χ3v) is 7.51. The maximum absolute atomic E-state index is 13.9. The van der Waals surface area contributed by atoms with E-state index in [1.165, 1.54) is 36.4 Å². The third kappa shape index (κ3) is 4.77. The Morgan fingerprint density at radius 3 is 2.25 bits per heavy atom. The van der Waals surface area contributed by atoms with Gasteiger partial charge in [0, 0.05) is 12.5 Å². The highest BCUT2D eigenvalue weighted by atomic mass is 19.4. The number of imide groups is 1. The van der Waals surface area contributed by atoms with E-state index in [0.717, 1.165) is 29.0 Å². The molecular weight excluding hydrogens is 529 g/mol. The number of amides is 2. The minimum absolute atomic E-state index is 0.0430. The van der Waals surface area contributed by atoms with Crippen LogP contribution < -0.4 is 15.0 Å². The molecule has 0 aromatic heterocycles. The van der Waals surface area contributed by atoms with E-state index in [2.05, 4.69) is 10.1 Å². The molecule has 208 valence electrons. The van der Waals surface area contributed by atoms with E-state index in [4.69, 9.17) is 0 Å². The van der Waals surface area contributed by atoms with E-state index in [-0.39, 0.29) is 23.4 Å². The lowest BCUT2D eigenvalue weighted by Gasteiger charge is -2.31. The van der Waals surface area contributed by atoms with Crippen molar-refractivity contribution in [1.29, 1.82) is 0 Å². The highest BCUT2D eigenvalue weighted by Gasteiger charge is 2.68. The van der Waals surface area contributed by atoms with Gasteiger partial charge in [-0.05, 0) is 59.5 Å². The number of halogens is 3. The Morgan fingerprint density at radius 2 is 1.65 bits per heavy atom. The van der Waals surface area contributed by atoms with Crippen molar-refractivity contribution < 1.29 is 42.5 Å². The van der Waals surface area contributed by atoms with Gasteiger partial charge < -0.3 is 14.9 Å². The smallest absolute Gasteiger partial charge is 0.508 e. The number of anilines is 1. The molecule has 0 bridgehead atoms. The van der Waals surface area contributed by atoms with Crippen LogP contribution in [0.15, 0.2) is 72.8 Å². The lowest BCUT2D eigenvalue weighted by atomic mass is 9.76. The maximum atomic E-state index is 13.9. The maximum Gasteiger partial charge on any atom is 0.573 e. The predicted octanol–water partition coefficient (Wildman–Crippen LogP) is 4.37. The molecule has 3 aromatic carbocycles. The number of hydrogen-bond donors (Lipinski definition) is 3. The average Bonchev–Trinajstić information content (AvgIpc) is 3.38. The molecule has 4 unspecified atom stereocenters. The first kappa shape index (κ1) is 27.2. The number of phenols is 1. The number of aliphatic carboxylic acids is 1. The number of carbonyl (C=O) groups is 3. The first-order chi connectivity index (χ1) is 18.9. The van der Waals surface area contributed by atoms with Crippen LogP contribution in [0.1, 0.15) is 29.7 Å². The summed E-state index contributed by atoms with van der Waals surface area (Å²) < 4.78 is 42.8. The second kappa shape index (κ2) is 9.98. The normalized spacial score (nSPS) is 24.3. The second-order valence-electron chi connectivity index (χ2n) is 9.90. The number of aryl methyl sites for hydroxylation is 1. The Labute approximate surface area is 227 Å². The monoisotopic (exact) mass is 554 g/mol. The van der Waals surface area contributed by atoms with Crippen molar-refractivity contribution in [1.82, 2.24) is 5.32 Å². The third-order valence-electron chi connectivity index (χ3n) is 7.51. The molecule has 2 aliphatic heterocycles. The zero-order chi connectivity index (χ0) is 28.8. The van der Waals surface area contributed by atoms with Crippen molar-refractivity contribution >= 4 is 23.5 Å². The fourth-order valence-electron chi connectivity index (χ4n) is 5.70. The van der Waals surface area contributed by atoms with Crippen molar-refractivity contribution in [2.45, 2.75) is 37.7 Å². The summed E-state index contributed by atoms with van der Waals surface area (Å²) >= 11 is 0. The van der Waals surface area contributed by atoms with E-state index in [1.54, 1.807) is 24.3 Å². The van der Waals surface area contributed by atoms with Gasteiger partial charge in [0.1, 0.15) is 17.0 Å². The molecule has 0 spiro atoms. The number of carbonyl (C=O) groups excluding carboxylic acids is 2. The number of fused-ring (bicyclic) bond motifs is 1. The van der Waals surface area contributed by atoms with Crippen LogP contribution >= 0.6 is 0 Å². The van der Waals surface area contributed by atoms with Gasteiger partial charge in [-0.25, -0.2) is 4.90 Å². The molecule has 3 aromatic rings. The Morgan fingerprint density at radius 1 is 1.00 bits per heavy atom. The van der Waals surface area contributed by atoms with Gasteiger partial charge in [-0.3, -0.25) is 19.7 Å². The summed E-state index contributed by atoms with van der Waals surface area (Å²) in [7, 11) is 0. The number of phenolic OH excluding ortho intramolecular Hbond substituents is 1. The predicted molar refractivity (Wildman–Crippen MR) is 136 cm³/mol. The van der Waals surface area contributed by atoms with Crippen molar-refractivity contribution in [3.05, 3.63) is 89.5 Å². The van der Waals surface area contributed by atoms with Gasteiger partial charge in [-0.2, -0.15) is 0 Å².